The number of anilines is 1. The Morgan fingerprint density at radius 3 is 2.76 bits per heavy atom. The van der Waals surface area contributed by atoms with Gasteiger partial charge in [-0.15, -0.1) is 0 Å². The molecule has 1 unspecified atom stereocenters. The molecule has 0 radical (unpaired) electrons. The molecular weight excluding hydrogens is 435 g/mol. The maximum absolute atomic E-state index is 14.4. The van der Waals surface area contributed by atoms with Crippen LogP contribution in [0.1, 0.15) is 18.9 Å². The Bertz CT molecular complexity index is 1520. The van der Waals surface area contributed by atoms with Crippen molar-refractivity contribution in [2.45, 2.75) is 31.5 Å². The number of nitrogens with zero attached hydrogens (tertiary/aromatic N) is 6. The van der Waals surface area contributed by atoms with Gasteiger partial charge in [-0.2, -0.15) is 10.5 Å². The van der Waals surface area contributed by atoms with E-state index in [2.05, 4.69) is 21.4 Å². The molecule has 4 N–H and O–H groups in total. The zero-order chi connectivity index (χ0) is 24.2. The second-order valence-electron chi connectivity index (χ2n) is 9.01. The Morgan fingerprint density at radius 1 is 1.35 bits per heavy atom. The van der Waals surface area contributed by atoms with Gasteiger partial charge in [-0.05, 0) is 36.6 Å². The van der Waals surface area contributed by atoms with Crippen LogP contribution >= 0.6 is 0 Å². The molecule has 1 aliphatic carbocycles. The average Bonchev–Trinajstić information content (AvgIpc) is 3.11. The number of nitriles is 2. The molecule has 3 aromatic heterocycles. The summed E-state index contributed by atoms with van der Waals surface area (Å²) in [5.41, 5.74) is 8.84. The van der Waals surface area contributed by atoms with Gasteiger partial charge < -0.3 is 20.0 Å². The van der Waals surface area contributed by atoms with E-state index in [0.29, 0.717) is 22.4 Å². The molecule has 1 fully saturated rings. The maximum Gasteiger partial charge on any atom is 0.154 e. The van der Waals surface area contributed by atoms with E-state index in [-0.39, 0.29) is 30.5 Å². The molecule has 3 heterocycles. The first kappa shape index (κ1) is 21.8. The molecular formula is C24H23FN8O. The van der Waals surface area contributed by atoms with Gasteiger partial charge in [0.2, 0.25) is 0 Å². The number of halogens is 1. The molecule has 4 aromatic rings. The Hall–Kier alpha value is -3.99. The van der Waals surface area contributed by atoms with Gasteiger partial charge in [0.15, 0.2) is 5.82 Å². The van der Waals surface area contributed by atoms with E-state index in [1.165, 1.54) is 12.1 Å². The number of nitrogens with one attached hydrogen (secondary N) is 1. The minimum absolute atomic E-state index is 0.0676. The standard InChI is InChI=1S/C24H23FN8O/c1-13-7-24(13,11-34)31-17(9-27)10-33-19(15-3-14(8-26)4-16(25)5-15)6-18-21-20(29-12-32(21)2)22(28)30-23(18)33/h3-6,12-13,17,31,34H,7,10-11H2,1-2H3,(H2,28,30)/t13-,17?,24+/m1/s1. The predicted octanol–water partition coefficient (Wildman–Crippen LogP) is 2.44. The summed E-state index contributed by atoms with van der Waals surface area (Å²) in [6.07, 6.45) is 2.42. The molecule has 0 spiro atoms. The number of aliphatic hydroxyl groups is 1. The quantitative estimate of drug-likeness (QED) is 0.403. The van der Waals surface area contributed by atoms with Crippen LogP contribution < -0.4 is 11.1 Å². The van der Waals surface area contributed by atoms with Crippen LogP contribution in [0.5, 0.6) is 0 Å². The van der Waals surface area contributed by atoms with Crippen molar-refractivity contribution in [1.29, 1.82) is 10.5 Å². The van der Waals surface area contributed by atoms with E-state index in [1.54, 1.807) is 12.4 Å². The highest BCUT2D eigenvalue weighted by atomic mass is 19.1. The normalized spacial score (nSPS) is 20.4. The first-order valence-electron chi connectivity index (χ1n) is 10.9. The summed E-state index contributed by atoms with van der Waals surface area (Å²) in [5, 5.41) is 33.2. The van der Waals surface area contributed by atoms with Gasteiger partial charge in [0.25, 0.3) is 0 Å². The lowest BCUT2D eigenvalue weighted by Gasteiger charge is -2.22. The average molecular weight is 459 g/mol. The predicted molar refractivity (Wildman–Crippen MR) is 125 cm³/mol. The van der Waals surface area contributed by atoms with Gasteiger partial charge in [0.1, 0.15) is 23.0 Å². The van der Waals surface area contributed by atoms with Crippen LogP contribution in [0.15, 0.2) is 30.6 Å². The van der Waals surface area contributed by atoms with Crippen molar-refractivity contribution in [2.24, 2.45) is 13.0 Å². The number of nitrogen functional groups attached to an aromatic ring is 1. The lowest BCUT2D eigenvalue weighted by Crippen LogP contribution is -2.45. The van der Waals surface area contributed by atoms with Crippen LogP contribution in [-0.4, -0.2) is 42.4 Å². The molecule has 1 saturated carbocycles. The van der Waals surface area contributed by atoms with Crippen molar-refractivity contribution in [3.63, 3.8) is 0 Å². The van der Waals surface area contributed by atoms with Crippen molar-refractivity contribution in [3.8, 4) is 23.4 Å². The molecule has 3 atom stereocenters. The summed E-state index contributed by atoms with van der Waals surface area (Å²) in [7, 11) is 1.85. The number of nitrogens with two attached hydrogens (primary N) is 1. The summed E-state index contributed by atoms with van der Waals surface area (Å²) in [5.74, 6) is -0.0430. The number of aryl methyl sites for hydroxylation is 1. The Labute approximate surface area is 194 Å². The lowest BCUT2D eigenvalue weighted by atomic mass is 10.1. The Morgan fingerprint density at radius 2 is 2.12 bits per heavy atom. The SMILES string of the molecule is C[C@@H]1C[C@@]1(CO)NC(C#N)Cn1c(-c2cc(F)cc(C#N)c2)cc2c3c(ncn3C)c(N)nc21. The minimum Gasteiger partial charge on any atom is -0.394 e. The van der Waals surface area contributed by atoms with Gasteiger partial charge >= 0.3 is 0 Å². The second kappa shape index (κ2) is 7.80. The highest BCUT2D eigenvalue weighted by Crippen LogP contribution is 2.43. The van der Waals surface area contributed by atoms with Crippen molar-refractivity contribution in [2.75, 3.05) is 12.3 Å². The number of imidazole rings is 1. The molecule has 9 nitrogen and oxygen atoms in total. The van der Waals surface area contributed by atoms with E-state index in [1.807, 2.05) is 35.2 Å². The van der Waals surface area contributed by atoms with Crippen LogP contribution in [0.2, 0.25) is 0 Å². The largest absolute Gasteiger partial charge is 0.394 e. The number of hydrogen-bond acceptors (Lipinski definition) is 7. The fraction of sp³-hybridized carbons (Fsp3) is 0.333. The molecule has 0 amide bonds. The van der Waals surface area contributed by atoms with Gasteiger partial charge in [-0.1, -0.05) is 6.92 Å². The van der Waals surface area contributed by atoms with Gasteiger partial charge in [0, 0.05) is 23.5 Å². The van der Waals surface area contributed by atoms with Crippen molar-refractivity contribution in [3.05, 3.63) is 42.0 Å². The number of fused-ring (bicyclic) bond motifs is 3. The topological polar surface area (TPSA) is 142 Å². The van der Waals surface area contributed by atoms with Crippen LogP contribution in [0.3, 0.4) is 0 Å². The van der Waals surface area contributed by atoms with Crippen LogP contribution in [0.25, 0.3) is 33.3 Å². The van der Waals surface area contributed by atoms with Crippen LogP contribution in [0, 0.1) is 34.4 Å². The molecule has 172 valence electrons. The zero-order valence-electron chi connectivity index (χ0n) is 18.7. The number of rotatable bonds is 6. The third kappa shape index (κ3) is 3.36. The highest BCUT2D eigenvalue weighted by molar-refractivity contribution is 6.07. The molecule has 0 saturated heterocycles. The van der Waals surface area contributed by atoms with Gasteiger partial charge in [0.05, 0.1) is 48.4 Å². The van der Waals surface area contributed by atoms with Crippen molar-refractivity contribution >= 4 is 27.9 Å². The number of pyridine rings is 1. The van der Waals surface area contributed by atoms with Crippen LogP contribution in [0.4, 0.5) is 10.2 Å². The fourth-order valence-electron chi connectivity index (χ4n) is 4.76. The van der Waals surface area contributed by atoms with E-state index in [4.69, 9.17) is 5.73 Å². The van der Waals surface area contributed by atoms with E-state index in [0.717, 1.165) is 17.3 Å². The summed E-state index contributed by atoms with van der Waals surface area (Å²) in [4.78, 5) is 8.93. The molecule has 34 heavy (non-hydrogen) atoms. The monoisotopic (exact) mass is 458 g/mol. The fourth-order valence-corrected chi connectivity index (χ4v) is 4.76. The summed E-state index contributed by atoms with van der Waals surface area (Å²) < 4.78 is 18.0. The van der Waals surface area contributed by atoms with E-state index >= 15 is 0 Å². The van der Waals surface area contributed by atoms with Crippen LogP contribution in [-0.2, 0) is 13.6 Å². The molecule has 0 bridgehead atoms. The van der Waals surface area contributed by atoms with Gasteiger partial charge in [-0.25, -0.2) is 14.4 Å². The summed E-state index contributed by atoms with van der Waals surface area (Å²) in [6, 6.07) is 9.60. The zero-order valence-corrected chi connectivity index (χ0v) is 18.7. The second-order valence-corrected chi connectivity index (χ2v) is 9.01. The lowest BCUT2D eigenvalue weighted by molar-refractivity contribution is 0.213. The number of benzene rings is 1. The molecule has 1 aliphatic rings. The van der Waals surface area contributed by atoms with Crippen molar-refractivity contribution < 1.29 is 9.50 Å². The summed E-state index contributed by atoms with van der Waals surface area (Å²) in [6.45, 7) is 2.13. The Balaban J connectivity index is 1.72. The third-order valence-corrected chi connectivity index (χ3v) is 6.77. The Kier molecular flexibility index (Phi) is 5.01. The minimum atomic E-state index is -0.652. The first-order chi connectivity index (χ1) is 16.3. The third-order valence-electron chi connectivity index (χ3n) is 6.77. The van der Waals surface area contributed by atoms with Gasteiger partial charge in [-0.3, -0.25) is 5.32 Å². The smallest absolute Gasteiger partial charge is 0.154 e. The van der Waals surface area contributed by atoms with E-state index in [9.17, 15) is 20.0 Å². The molecule has 10 heteroatoms. The highest BCUT2D eigenvalue weighted by Gasteiger charge is 2.51. The van der Waals surface area contributed by atoms with E-state index < -0.39 is 17.4 Å². The first-order valence-corrected chi connectivity index (χ1v) is 10.9. The molecule has 5 rings (SSSR count). The number of aliphatic hydroxyl groups excluding tert-OH is 1. The number of aromatic nitrogens is 4. The summed E-state index contributed by atoms with van der Waals surface area (Å²) >= 11 is 0. The number of hydrogen-bond donors (Lipinski definition) is 3. The molecule has 0 aliphatic heterocycles. The maximum atomic E-state index is 14.4. The molecule has 1 aromatic carbocycles. The van der Waals surface area contributed by atoms with Crippen molar-refractivity contribution in [1.82, 2.24) is 24.4 Å².